The minimum atomic E-state index is 0.354. The second-order valence-corrected chi connectivity index (χ2v) is 6.99. The molecule has 1 aromatic carbocycles. The quantitative estimate of drug-likeness (QED) is 0.706. The molecule has 2 nitrogen and oxygen atoms in total. The Kier molecular flexibility index (Phi) is 6.91. The van der Waals surface area contributed by atoms with Crippen molar-refractivity contribution in [3.05, 3.63) is 35.9 Å². The number of benzene rings is 1. The molecule has 0 radical (unpaired) electrons. The van der Waals surface area contributed by atoms with E-state index in [0.717, 1.165) is 0 Å². The molecule has 1 heterocycles. The van der Waals surface area contributed by atoms with E-state index < -0.39 is 0 Å². The third kappa shape index (κ3) is 4.33. The van der Waals surface area contributed by atoms with Crippen LogP contribution in [-0.4, -0.2) is 37.7 Å². The van der Waals surface area contributed by atoms with Gasteiger partial charge in [-0.05, 0) is 50.3 Å². The van der Waals surface area contributed by atoms with Gasteiger partial charge in [-0.1, -0.05) is 57.0 Å². The normalized spacial score (nSPS) is 23.4. The molecule has 2 heteroatoms. The number of rotatable bonds is 8. The van der Waals surface area contributed by atoms with Gasteiger partial charge in [0.1, 0.15) is 0 Å². The highest BCUT2D eigenvalue weighted by atomic mass is 16.5. The molecular formula is C20H33NO. The average molecular weight is 303 g/mol. The van der Waals surface area contributed by atoms with E-state index in [4.69, 9.17) is 4.74 Å². The molecule has 1 aliphatic rings. The monoisotopic (exact) mass is 303 g/mol. The van der Waals surface area contributed by atoms with E-state index in [9.17, 15) is 0 Å². The molecule has 0 spiro atoms. The number of methoxy groups -OCH3 is 1. The molecule has 0 saturated carbocycles. The molecule has 0 bridgehead atoms. The van der Waals surface area contributed by atoms with Crippen molar-refractivity contribution in [2.24, 2.45) is 11.8 Å². The number of ether oxygens (including phenoxy) is 1. The number of hydrogen-bond acceptors (Lipinski definition) is 2. The van der Waals surface area contributed by atoms with Gasteiger partial charge in [0.25, 0.3) is 0 Å². The SMILES string of the molecule is CCCC(Cc1ccccc1)C(C)C(OC)C1CCCN1C. The summed E-state index contributed by atoms with van der Waals surface area (Å²) in [5, 5.41) is 0. The van der Waals surface area contributed by atoms with Crippen LogP contribution in [0.25, 0.3) is 0 Å². The van der Waals surface area contributed by atoms with Crippen LogP contribution in [0.1, 0.15) is 45.1 Å². The smallest absolute Gasteiger partial charge is 0.0754 e. The third-order valence-corrected chi connectivity index (χ3v) is 5.49. The van der Waals surface area contributed by atoms with Gasteiger partial charge in [-0.25, -0.2) is 0 Å². The molecule has 1 aliphatic heterocycles. The van der Waals surface area contributed by atoms with Crippen LogP contribution < -0.4 is 0 Å². The average Bonchev–Trinajstić information content (AvgIpc) is 2.95. The van der Waals surface area contributed by atoms with Crippen LogP contribution in [0.5, 0.6) is 0 Å². The maximum absolute atomic E-state index is 5.99. The minimum Gasteiger partial charge on any atom is -0.380 e. The van der Waals surface area contributed by atoms with Crippen LogP contribution in [0.4, 0.5) is 0 Å². The number of nitrogens with zero attached hydrogens (tertiary/aromatic N) is 1. The van der Waals surface area contributed by atoms with Crippen molar-refractivity contribution in [3.63, 3.8) is 0 Å². The molecule has 2 rings (SSSR count). The third-order valence-electron chi connectivity index (χ3n) is 5.49. The first-order valence-electron chi connectivity index (χ1n) is 8.94. The van der Waals surface area contributed by atoms with E-state index in [1.165, 1.54) is 44.2 Å². The van der Waals surface area contributed by atoms with Gasteiger partial charge in [0.2, 0.25) is 0 Å². The summed E-state index contributed by atoms with van der Waals surface area (Å²) in [7, 11) is 4.15. The molecule has 0 amide bonds. The van der Waals surface area contributed by atoms with Gasteiger partial charge in [-0.3, -0.25) is 0 Å². The molecule has 0 aromatic heterocycles. The maximum Gasteiger partial charge on any atom is 0.0754 e. The van der Waals surface area contributed by atoms with Gasteiger partial charge in [-0.15, -0.1) is 0 Å². The second-order valence-electron chi connectivity index (χ2n) is 6.99. The molecule has 1 fully saturated rings. The Morgan fingerprint density at radius 3 is 2.55 bits per heavy atom. The van der Waals surface area contributed by atoms with Crippen molar-refractivity contribution in [1.29, 1.82) is 0 Å². The summed E-state index contributed by atoms with van der Waals surface area (Å²) in [4.78, 5) is 2.50. The molecule has 124 valence electrons. The fourth-order valence-electron chi connectivity index (χ4n) is 4.18. The van der Waals surface area contributed by atoms with E-state index in [-0.39, 0.29) is 0 Å². The van der Waals surface area contributed by atoms with Crippen LogP contribution >= 0.6 is 0 Å². The lowest BCUT2D eigenvalue weighted by atomic mass is 9.79. The Labute approximate surface area is 136 Å². The van der Waals surface area contributed by atoms with Crippen molar-refractivity contribution in [2.75, 3.05) is 20.7 Å². The second kappa shape index (κ2) is 8.69. The predicted octanol–water partition coefficient (Wildman–Crippen LogP) is 4.39. The van der Waals surface area contributed by atoms with Gasteiger partial charge < -0.3 is 9.64 Å². The summed E-state index contributed by atoms with van der Waals surface area (Å²) in [6.45, 7) is 5.92. The Bertz CT molecular complexity index is 419. The van der Waals surface area contributed by atoms with E-state index in [2.05, 4.69) is 56.1 Å². The molecule has 4 atom stereocenters. The lowest BCUT2D eigenvalue weighted by Crippen LogP contribution is -2.44. The summed E-state index contributed by atoms with van der Waals surface area (Å²) in [5.41, 5.74) is 1.46. The van der Waals surface area contributed by atoms with Crippen molar-refractivity contribution < 1.29 is 4.74 Å². The summed E-state index contributed by atoms with van der Waals surface area (Å²) in [6.07, 6.45) is 6.65. The minimum absolute atomic E-state index is 0.354. The largest absolute Gasteiger partial charge is 0.380 e. The molecule has 1 aromatic rings. The summed E-state index contributed by atoms with van der Waals surface area (Å²) >= 11 is 0. The van der Waals surface area contributed by atoms with Crippen LogP contribution in [0.3, 0.4) is 0 Å². The Morgan fingerprint density at radius 2 is 2.00 bits per heavy atom. The topological polar surface area (TPSA) is 12.5 Å². The first kappa shape index (κ1) is 17.5. The molecule has 4 unspecified atom stereocenters. The van der Waals surface area contributed by atoms with Gasteiger partial charge in [0.05, 0.1) is 6.10 Å². The summed E-state index contributed by atoms with van der Waals surface area (Å²) in [5.74, 6) is 1.29. The van der Waals surface area contributed by atoms with E-state index in [1.54, 1.807) is 0 Å². The summed E-state index contributed by atoms with van der Waals surface area (Å²) < 4.78 is 5.99. The number of hydrogen-bond donors (Lipinski definition) is 0. The first-order valence-corrected chi connectivity index (χ1v) is 8.94. The molecular weight excluding hydrogens is 270 g/mol. The Balaban J connectivity index is 2.08. The van der Waals surface area contributed by atoms with E-state index in [1.807, 2.05) is 7.11 Å². The van der Waals surface area contributed by atoms with Crippen molar-refractivity contribution >= 4 is 0 Å². The van der Waals surface area contributed by atoms with Crippen molar-refractivity contribution in [2.45, 2.75) is 58.1 Å². The highest BCUT2D eigenvalue weighted by molar-refractivity contribution is 5.15. The highest BCUT2D eigenvalue weighted by Crippen LogP contribution is 2.32. The standard InChI is InChI=1S/C20H33NO/c1-5-10-18(15-17-11-7-6-8-12-17)16(2)20(22-4)19-13-9-14-21(19)3/h6-8,11-12,16,18-20H,5,9-10,13-15H2,1-4H3. The van der Waals surface area contributed by atoms with Crippen LogP contribution in [0.2, 0.25) is 0 Å². The molecule has 22 heavy (non-hydrogen) atoms. The first-order chi connectivity index (χ1) is 10.7. The Morgan fingerprint density at radius 1 is 1.27 bits per heavy atom. The zero-order valence-corrected chi connectivity index (χ0v) is 14.8. The highest BCUT2D eigenvalue weighted by Gasteiger charge is 2.35. The van der Waals surface area contributed by atoms with Crippen LogP contribution in [0, 0.1) is 11.8 Å². The fourth-order valence-corrected chi connectivity index (χ4v) is 4.18. The van der Waals surface area contributed by atoms with Crippen LogP contribution in [0.15, 0.2) is 30.3 Å². The van der Waals surface area contributed by atoms with Gasteiger partial charge in [0.15, 0.2) is 0 Å². The lowest BCUT2D eigenvalue weighted by molar-refractivity contribution is -0.0168. The number of likely N-dealkylation sites (tertiary alicyclic amines) is 1. The van der Waals surface area contributed by atoms with Crippen molar-refractivity contribution in [3.8, 4) is 0 Å². The predicted molar refractivity (Wildman–Crippen MR) is 94.2 cm³/mol. The molecule has 0 aliphatic carbocycles. The van der Waals surface area contributed by atoms with Gasteiger partial charge >= 0.3 is 0 Å². The summed E-state index contributed by atoms with van der Waals surface area (Å²) in [6, 6.07) is 11.5. The van der Waals surface area contributed by atoms with E-state index >= 15 is 0 Å². The fraction of sp³-hybridized carbons (Fsp3) is 0.700. The Hall–Kier alpha value is -0.860. The number of likely N-dealkylation sites (N-methyl/N-ethyl adjacent to an activating group) is 1. The lowest BCUT2D eigenvalue weighted by Gasteiger charge is -2.36. The molecule has 1 saturated heterocycles. The zero-order valence-electron chi connectivity index (χ0n) is 14.8. The van der Waals surface area contributed by atoms with Crippen LogP contribution in [-0.2, 0) is 11.2 Å². The molecule has 0 N–H and O–H groups in total. The zero-order chi connectivity index (χ0) is 15.9. The van der Waals surface area contributed by atoms with E-state index in [0.29, 0.717) is 24.0 Å². The maximum atomic E-state index is 5.99. The van der Waals surface area contributed by atoms with Crippen molar-refractivity contribution in [1.82, 2.24) is 4.90 Å². The van der Waals surface area contributed by atoms with Gasteiger partial charge in [0, 0.05) is 13.2 Å². The van der Waals surface area contributed by atoms with Gasteiger partial charge in [-0.2, -0.15) is 0 Å².